The van der Waals surface area contributed by atoms with E-state index in [1.54, 1.807) is 51.5 Å². The number of pyridine rings is 4. The number of halogens is 4. The molecule has 8 heterocycles. The normalized spacial score (nSPS) is 10.9. The fourth-order valence-corrected chi connectivity index (χ4v) is 12.8. The maximum Gasteiger partial charge on any atom is 1.00 e. The quantitative estimate of drug-likeness (QED) is 0.0206. The molecular formula is C88H105F4LiN12O21Zn. The topological polar surface area (TPSA) is 447 Å². The molecule has 0 aliphatic carbocycles. The molecule has 8 aromatic heterocycles. The smallest absolute Gasteiger partial charge is 0.870 e. The van der Waals surface area contributed by atoms with Crippen LogP contribution in [0.15, 0.2) is 166 Å². The van der Waals surface area contributed by atoms with Crippen LogP contribution in [0.2, 0.25) is 0 Å². The van der Waals surface area contributed by atoms with Crippen molar-refractivity contribution in [3.05, 3.63) is 273 Å². The molecule has 1 unspecified atom stereocenters. The molecule has 0 radical (unpaired) electrons. The molecule has 0 amide bonds. The van der Waals surface area contributed by atoms with Crippen LogP contribution >= 0.6 is 0 Å². The van der Waals surface area contributed by atoms with Crippen molar-refractivity contribution in [1.82, 2.24) is 56.5 Å². The molecule has 674 valence electrons. The number of carboxylic acid groups (broad SMARTS) is 1. The summed E-state index contributed by atoms with van der Waals surface area (Å²) in [6.45, 7) is 19.8. The van der Waals surface area contributed by atoms with E-state index in [1.165, 1.54) is 127 Å². The summed E-state index contributed by atoms with van der Waals surface area (Å²) in [5.41, 5.74) is 1.28. The van der Waals surface area contributed by atoms with E-state index in [0.717, 1.165) is 44.1 Å². The van der Waals surface area contributed by atoms with E-state index in [1.807, 2.05) is 69.2 Å². The van der Waals surface area contributed by atoms with E-state index in [2.05, 4.69) is 24.7 Å². The minimum absolute atomic E-state index is 0. The Kier molecular flexibility index (Phi) is 44.7. The molecule has 12 aromatic rings. The fourth-order valence-electron chi connectivity index (χ4n) is 12.8. The van der Waals surface area contributed by atoms with Crippen molar-refractivity contribution in [1.29, 1.82) is 0 Å². The molecule has 0 saturated carbocycles. The molecular weight excluding hydrogens is 1710 g/mol. The number of aliphatic hydroxyl groups excluding tert-OH is 2. The van der Waals surface area contributed by atoms with Crippen LogP contribution < -0.4 is 82.8 Å². The van der Waals surface area contributed by atoms with E-state index in [9.17, 15) is 70.6 Å². The number of benzene rings is 4. The van der Waals surface area contributed by atoms with Crippen molar-refractivity contribution in [3.8, 4) is 23.0 Å². The van der Waals surface area contributed by atoms with Crippen molar-refractivity contribution in [3.63, 3.8) is 0 Å². The zero-order valence-corrected chi connectivity index (χ0v) is 76.5. The number of carbonyl (C=O) groups excluding carboxylic acids is 2. The number of hydrogen-bond acceptors (Lipinski definition) is 23. The van der Waals surface area contributed by atoms with Crippen LogP contribution in [0, 0.1) is 23.3 Å². The van der Waals surface area contributed by atoms with Gasteiger partial charge in [0, 0.05) is 116 Å². The first-order valence-electron chi connectivity index (χ1n) is 39.6. The minimum Gasteiger partial charge on any atom is -0.870 e. The number of aryl methyl sites for hydroxylation is 4. The standard InChI is InChI=1S/C22H24FN3O5.C22H26FN3O4.C21H24FN3O4.C15H21N3O3.C7H5FO.CH2O2.Li.2H2O.Zn/c1-14(2)31-18-12-24-20-19(17(18)11-15-5-7-16(23)8-6-15)21(28)26(22(29)25(20)3)9-4-10-30-13-27;1-5-6-11-26-21(28)18-17(19(27)14-7-9-15(23)10-8-14)16(30-13(2)3)12-24-20(18)25(4)22(26)29;1-13(2)29-17-12-23-19-18(16(17)11-14-5-7-15(22)8-6-14)20(27)25(9-4-10-26)21(28)24(19)3;1-5-6-7-18-14(19)12-8-11(21-10(2)3)9-16-13(12)17(4)15(18)20;8-7-3-1-6(5-9)2-4-7;2-1-3;;;;/h5-8,12-14H,4,9-11H2,1-3H3;7-10,12-13,19,27H,5-6,11H2,1-4H3;5-8,12-13,26H,4,9-11H2,1-3H3;8-10H,5-7H2,1-4H3;1-5H;1H,(H,2,3);;2*1H2;/q;;;;;;+1;;;/p-1. The first-order valence-corrected chi connectivity index (χ1v) is 39.6. The summed E-state index contributed by atoms with van der Waals surface area (Å²) in [5.74, 6) is 0.196. The van der Waals surface area contributed by atoms with Crippen molar-refractivity contribution in [2.24, 2.45) is 28.2 Å². The number of rotatable bonds is 29. The van der Waals surface area contributed by atoms with Crippen LogP contribution in [0.3, 0.4) is 0 Å². The summed E-state index contributed by atoms with van der Waals surface area (Å²) in [6.07, 6.45) is 9.19. The molecule has 4 aromatic carbocycles. The van der Waals surface area contributed by atoms with Gasteiger partial charge < -0.3 is 50.0 Å². The van der Waals surface area contributed by atoms with Crippen LogP contribution in [0.4, 0.5) is 17.6 Å². The summed E-state index contributed by atoms with van der Waals surface area (Å²) in [6, 6.07) is 24.4. The van der Waals surface area contributed by atoms with Crippen LogP contribution in [0.5, 0.6) is 23.0 Å². The van der Waals surface area contributed by atoms with Crippen molar-refractivity contribution in [2.75, 3.05) is 13.2 Å². The first-order chi connectivity index (χ1) is 58.6. The Balaban J connectivity index is 0.000000416. The minimum atomic E-state index is -1.27. The zero-order chi connectivity index (χ0) is 90.6. The molecule has 0 bridgehead atoms. The molecule has 0 aliphatic heterocycles. The van der Waals surface area contributed by atoms with Crippen LogP contribution in [0.1, 0.15) is 158 Å². The van der Waals surface area contributed by atoms with Crippen molar-refractivity contribution in [2.45, 2.75) is 177 Å². The Bertz CT molecular complexity index is 6190. The summed E-state index contributed by atoms with van der Waals surface area (Å²) < 4.78 is 90.0. The van der Waals surface area contributed by atoms with Gasteiger partial charge >= 0.3 is 41.6 Å². The molecule has 39 heteroatoms. The number of unbranched alkanes of at least 4 members (excludes halogenated alkanes) is 2. The number of aromatic nitrogens is 12. The Morgan fingerprint density at radius 2 is 0.780 bits per heavy atom. The predicted octanol–water partition coefficient (Wildman–Crippen LogP) is 6.09. The van der Waals surface area contributed by atoms with Gasteiger partial charge in [-0.2, -0.15) is 0 Å². The molecule has 0 spiro atoms. The third-order valence-corrected chi connectivity index (χ3v) is 18.6. The van der Waals surface area contributed by atoms with Gasteiger partial charge in [-0.05, 0) is 164 Å². The number of aldehydes is 1. The van der Waals surface area contributed by atoms with Gasteiger partial charge in [0.25, 0.3) is 35.2 Å². The largest absolute Gasteiger partial charge is 1.00 e. The molecule has 33 nitrogen and oxygen atoms in total. The second kappa shape index (κ2) is 52.1. The maximum absolute atomic E-state index is 13.4. The van der Waals surface area contributed by atoms with Crippen molar-refractivity contribution < 1.29 is 120 Å². The molecule has 12 rings (SSSR count). The molecule has 1 atom stereocenters. The van der Waals surface area contributed by atoms with E-state index in [0.29, 0.717) is 95.5 Å². The molecule has 0 saturated heterocycles. The summed E-state index contributed by atoms with van der Waals surface area (Å²) >= 11 is 0. The number of fused-ring (bicyclic) bond motifs is 4. The second-order valence-corrected chi connectivity index (χ2v) is 29.2. The number of hydrogen-bond donors (Lipinski definition) is 3. The number of nitrogens with zero attached hydrogens (tertiary/aromatic N) is 12. The van der Waals surface area contributed by atoms with Gasteiger partial charge in [0.05, 0.1) is 77.4 Å². The van der Waals surface area contributed by atoms with Crippen molar-refractivity contribution >= 4 is 63.4 Å². The van der Waals surface area contributed by atoms with Gasteiger partial charge in [-0.3, -0.25) is 70.1 Å². The fraction of sp³-hybridized carbons (Fsp3) is 0.375. The van der Waals surface area contributed by atoms with Gasteiger partial charge in [-0.25, -0.2) is 56.7 Å². The van der Waals surface area contributed by atoms with Gasteiger partial charge in [-0.1, -0.05) is 63.1 Å². The third-order valence-electron chi connectivity index (χ3n) is 18.6. The van der Waals surface area contributed by atoms with Crippen LogP contribution in [0.25, 0.3) is 44.1 Å². The number of aliphatic hydroxyl groups is 2. The Hall–Kier alpha value is -12.2. The zero-order valence-electron chi connectivity index (χ0n) is 73.5. The van der Waals surface area contributed by atoms with E-state index < -0.39 is 45.7 Å². The first kappa shape index (κ1) is 109. The number of ether oxygens (including phenoxy) is 5. The molecule has 0 aliphatic rings. The second-order valence-electron chi connectivity index (χ2n) is 29.2. The average molecular weight is 1820 g/mol. The Morgan fingerprint density at radius 1 is 0.449 bits per heavy atom. The van der Waals surface area contributed by atoms with Crippen LogP contribution in [-0.4, -0.2) is 140 Å². The van der Waals surface area contributed by atoms with Crippen LogP contribution in [-0.2, 0) is 101 Å². The summed E-state index contributed by atoms with van der Waals surface area (Å²) in [5, 5.41) is 28.2. The summed E-state index contributed by atoms with van der Waals surface area (Å²) in [4.78, 5) is 149. The van der Waals surface area contributed by atoms with Gasteiger partial charge in [0.1, 0.15) is 81.2 Å². The van der Waals surface area contributed by atoms with Gasteiger partial charge in [0.2, 0.25) is 0 Å². The molecule has 0 fully saturated rings. The summed E-state index contributed by atoms with van der Waals surface area (Å²) in [7, 11) is 6.26. The van der Waals surface area contributed by atoms with E-state index in [-0.39, 0.29) is 193 Å². The average Bonchev–Trinajstić information content (AvgIpc) is 0.770. The number of carbonyl (C=O) groups is 3. The maximum atomic E-state index is 13.4. The Morgan fingerprint density at radius 3 is 1.16 bits per heavy atom. The third kappa shape index (κ3) is 28.4. The Labute approximate surface area is 751 Å². The van der Waals surface area contributed by atoms with Gasteiger partial charge in [0.15, 0.2) is 0 Å². The molecule has 127 heavy (non-hydrogen) atoms. The van der Waals surface area contributed by atoms with Gasteiger partial charge in [-0.15, -0.1) is 0 Å². The SMILES string of the molecule is CC(C)Oc1cnc2c(c1Cc1ccc(F)cc1)c(=O)n(CCCO)c(=O)n2C.CC(C)Oc1cnc2c(c1Cc1ccc(F)cc1)c(=O)n(CCCOC=O)c(=O)n2C.CCCCn1c(=O)c2c(C(O)c3ccc(F)cc3)c(OC(C)C)cnc2n(C)c1=O.CCCCn1c(=O)c2cc(OC(C)C)cnc2n(C)c1=O.O.O=CO.O=Cc1ccc(F)cc1.[Li+].[OH-].[Zn]. The predicted molar refractivity (Wildman–Crippen MR) is 461 cm³/mol. The monoisotopic (exact) mass is 1810 g/mol. The van der Waals surface area contributed by atoms with E-state index in [4.69, 9.17) is 34.0 Å². The molecule has 6 N–H and O–H groups in total. The van der Waals surface area contributed by atoms with E-state index >= 15 is 0 Å².